The molecule has 0 saturated carbocycles. The van der Waals surface area contributed by atoms with E-state index < -0.39 is 5.97 Å². The summed E-state index contributed by atoms with van der Waals surface area (Å²) in [7, 11) is 0. The molecule has 102 valence electrons. The predicted octanol–water partition coefficient (Wildman–Crippen LogP) is 1.15. The van der Waals surface area contributed by atoms with Crippen molar-refractivity contribution in [3.8, 4) is 11.5 Å². The van der Waals surface area contributed by atoms with Crippen molar-refractivity contribution in [1.29, 1.82) is 0 Å². The second-order valence-corrected chi connectivity index (χ2v) is 4.86. The Balaban J connectivity index is 2.19. The first kappa shape index (κ1) is 12.3. The molecule has 3 rings (SSSR count). The first-order chi connectivity index (χ1) is 9.24. The van der Waals surface area contributed by atoms with Gasteiger partial charge in [-0.25, -0.2) is 4.79 Å². The van der Waals surface area contributed by atoms with E-state index in [9.17, 15) is 9.90 Å². The van der Waals surface area contributed by atoms with Crippen LogP contribution in [-0.4, -0.2) is 30.8 Å². The van der Waals surface area contributed by atoms with Crippen LogP contribution in [0.4, 0.5) is 0 Å². The van der Waals surface area contributed by atoms with E-state index in [1.165, 1.54) is 0 Å². The maximum Gasteiger partial charge on any atom is 0.339 e. The van der Waals surface area contributed by atoms with E-state index in [-0.39, 0.29) is 0 Å². The Morgan fingerprint density at radius 3 is 2.53 bits per heavy atom. The van der Waals surface area contributed by atoms with Crippen LogP contribution in [-0.2, 0) is 19.3 Å². The van der Waals surface area contributed by atoms with Crippen molar-refractivity contribution in [3.63, 3.8) is 0 Å². The van der Waals surface area contributed by atoms with E-state index in [4.69, 9.17) is 15.2 Å². The highest BCUT2D eigenvalue weighted by Crippen LogP contribution is 2.44. The molecule has 3 N–H and O–H groups in total. The van der Waals surface area contributed by atoms with Crippen molar-refractivity contribution in [3.05, 3.63) is 22.3 Å². The third kappa shape index (κ3) is 1.85. The number of ether oxygens (including phenoxy) is 2. The topological polar surface area (TPSA) is 81.8 Å². The molecular formula is C14H17NO4. The van der Waals surface area contributed by atoms with Crippen LogP contribution in [0.1, 0.15) is 33.5 Å². The van der Waals surface area contributed by atoms with Crippen LogP contribution in [0, 0.1) is 0 Å². The number of hydrogen-bond donors (Lipinski definition) is 2. The molecule has 1 aromatic carbocycles. The molecule has 0 bridgehead atoms. The molecule has 19 heavy (non-hydrogen) atoms. The lowest BCUT2D eigenvalue weighted by Crippen LogP contribution is -2.08. The molecule has 0 spiro atoms. The fourth-order valence-electron chi connectivity index (χ4n) is 2.97. The average molecular weight is 263 g/mol. The van der Waals surface area contributed by atoms with Crippen molar-refractivity contribution in [1.82, 2.24) is 0 Å². The highest BCUT2D eigenvalue weighted by molar-refractivity contribution is 5.95. The Bertz CT molecular complexity index is 504. The smallest absolute Gasteiger partial charge is 0.339 e. The normalized spacial score (nSPS) is 15.6. The summed E-state index contributed by atoms with van der Waals surface area (Å²) in [6.45, 7) is 1.72. The molecule has 1 aromatic rings. The van der Waals surface area contributed by atoms with Crippen LogP contribution < -0.4 is 15.2 Å². The van der Waals surface area contributed by atoms with E-state index in [1.54, 1.807) is 0 Å². The largest absolute Gasteiger partial charge is 0.493 e. The van der Waals surface area contributed by atoms with Gasteiger partial charge in [0.2, 0.25) is 0 Å². The lowest BCUT2D eigenvalue weighted by molar-refractivity contribution is 0.0692. The van der Waals surface area contributed by atoms with E-state index >= 15 is 0 Å². The van der Waals surface area contributed by atoms with Gasteiger partial charge in [-0.3, -0.25) is 0 Å². The van der Waals surface area contributed by atoms with Crippen LogP contribution in [0.5, 0.6) is 11.5 Å². The van der Waals surface area contributed by atoms with Crippen molar-refractivity contribution >= 4 is 5.97 Å². The second kappa shape index (κ2) is 4.74. The van der Waals surface area contributed by atoms with Crippen molar-refractivity contribution in [2.24, 2.45) is 5.73 Å². The maximum absolute atomic E-state index is 11.5. The van der Waals surface area contributed by atoms with E-state index in [1.807, 2.05) is 0 Å². The molecule has 0 unspecified atom stereocenters. The lowest BCUT2D eigenvalue weighted by atomic mass is 9.92. The average Bonchev–Trinajstić information content (AvgIpc) is 3.01. The van der Waals surface area contributed by atoms with Crippen LogP contribution in [0.3, 0.4) is 0 Å². The van der Waals surface area contributed by atoms with Gasteiger partial charge in [-0.05, 0) is 19.4 Å². The molecule has 2 aliphatic rings. The first-order valence-corrected chi connectivity index (χ1v) is 6.63. The van der Waals surface area contributed by atoms with Gasteiger partial charge in [-0.15, -0.1) is 0 Å². The standard InChI is InChI=1S/C14H17NO4/c15-5-1-2-8-9-3-6-19-13(9)11(14(16)17)10-4-7-18-12(8)10/h1-7,15H2,(H,16,17). The monoisotopic (exact) mass is 263 g/mol. The summed E-state index contributed by atoms with van der Waals surface area (Å²) < 4.78 is 11.3. The molecule has 5 heteroatoms. The Morgan fingerprint density at radius 2 is 1.84 bits per heavy atom. The van der Waals surface area contributed by atoms with Gasteiger partial charge in [-0.2, -0.15) is 0 Å². The minimum atomic E-state index is -0.926. The molecule has 0 amide bonds. The van der Waals surface area contributed by atoms with Gasteiger partial charge < -0.3 is 20.3 Å². The quantitative estimate of drug-likeness (QED) is 0.851. The highest BCUT2D eigenvalue weighted by atomic mass is 16.5. The fourth-order valence-corrected chi connectivity index (χ4v) is 2.97. The molecule has 2 aliphatic heterocycles. The zero-order chi connectivity index (χ0) is 13.4. The Kier molecular flexibility index (Phi) is 3.06. The van der Waals surface area contributed by atoms with Gasteiger partial charge in [0, 0.05) is 29.5 Å². The number of carboxylic acids is 1. The lowest BCUT2D eigenvalue weighted by Gasteiger charge is -2.15. The number of aromatic carboxylic acids is 1. The van der Waals surface area contributed by atoms with Gasteiger partial charge in [0.05, 0.1) is 13.2 Å². The minimum Gasteiger partial charge on any atom is -0.493 e. The van der Waals surface area contributed by atoms with Crippen molar-refractivity contribution in [2.75, 3.05) is 19.8 Å². The summed E-state index contributed by atoms with van der Waals surface area (Å²) in [4.78, 5) is 11.5. The van der Waals surface area contributed by atoms with Crippen LogP contribution in [0.15, 0.2) is 0 Å². The molecule has 0 aliphatic carbocycles. The predicted molar refractivity (Wildman–Crippen MR) is 69.2 cm³/mol. The molecule has 0 saturated heterocycles. The number of carbonyl (C=O) groups is 1. The zero-order valence-electron chi connectivity index (χ0n) is 10.7. The zero-order valence-corrected chi connectivity index (χ0v) is 10.7. The SMILES string of the molecule is NCCCc1c2c(c(C(=O)O)c3c1OCC3)OCC2. The summed E-state index contributed by atoms with van der Waals surface area (Å²) in [5.74, 6) is 0.407. The summed E-state index contributed by atoms with van der Waals surface area (Å²) in [6, 6.07) is 0. The summed E-state index contributed by atoms with van der Waals surface area (Å²) in [5, 5.41) is 9.42. The van der Waals surface area contributed by atoms with Crippen molar-refractivity contribution in [2.45, 2.75) is 25.7 Å². The third-order valence-corrected chi connectivity index (χ3v) is 3.76. The number of carboxylic acid groups (broad SMARTS) is 1. The molecule has 5 nitrogen and oxygen atoms in total. The number of rotatable bonds is 4. The number of fused-ring (bicyclic) bond motifs is 2. The number of hydrogen-bond acceptors (Lipinski definition) is 4. The third-order valence-electron chi connectivity index (χ3n) is 3.76. The van der Waals surface area contributed by atoms with Gasteiger partial charge >= 0.3 is 5.97 Å². The van der Waals surface area contributed by atoms with E-state index in [0.29, 0.717) is 37.5 Å². The van der Waals surface area contributed by atoms with Crippen LogP contribution in [0.25, 0.3) is 0 Å². The Labute approximate surface area is 111 Å². The highest BCUT2D eigenvalue weighted by Gasteiger charge is 2.33. The molecule has 2 heterocycles. The fraction of sp³-hybridized carbons (Fsp3) is 0.500. The van der Waals surface area contributed by atoms with Gasteiger partial charge in [0.15, 0.2) is 0 Å². The molecule has 0 fully saturated rings. The van der Waals surface area contributed by atoms with Gasteiger partial charge in [-0.1, -0.05) is 0 Å². The minimum absolute atomic E-state index is 0.302. The summed E-state index contributed by atoms with van der Waals surface area (Å²) >= 11 is 0. The Morgan fingerprint density at radius 1 is 1.16 bits per heavy atom. The van der Waals surface area contributed by atoms with Crippen LogP contribution in [0.2, 0.25) is 0 Å². The first-order valence-electron chi connectivity index (χ1n) is 6.63. The number of benzene rings is 1. The molecule has 0 aromatic heterocycles. The van der Waals surface area contributed by atoms with Gasteiger partial charge in [0.25, 0.3) is 0 Å². The maximum atomic E-state index is 11.5. The second-order valence-electron chi connectivity index (χ2n) is 4.86. The van der Waals surface area contributed by atoms with E-state index in [0.717, 1.165) is 41.7 Å². The molecular weight excluding hydrogens is 246 g/mol. The summed E-state index contributed by atoms with van der Waals surface area (Å²) in [5.41, 5.74) is 8.79. The number of nitrogens with two attached hydrogens (primary N) is 1. The van der Waals surface area contributed by atoms with Crippen molar-refractivity contribution < 1.29 is 19.4 Å². The van der Waals surface area contributed by atoms with E-state index in [2.05, 4.69) is 0 Å². The molecule has 0 atom stereocenters. The van der Waals surface area contributed by atoms with Gasteiger partial charge in [0.1, 0.15) is 17.1 Å². The van der Waals surface area contributed by atoms with Crippen LogP contribution >= 0.6 is 0 Å². The summed E-state index contributed by atoms with van der Waals surface area (Å²) in [6.07, 6.45) is 3.09. The molecule has 0 radical (unpaired) electrons. The Hall–Kier alpha value is -1.75.